The van der Waals surface area contributed by atoms with E-state index >= 15 is 0 Å². The Morgan fingerprint density at radius 1 is 0.850 bits per heavy atom. The van der Waals surface area contributed by atoms with Crippen LogP contribution in [0.25, 0.3) is 11.1 Å². The van der Waals surface area contributed by atoms with Gasteiger partial charge in [0.2, 0.25) is 0 Å². The van der Waals surface area contributed by atoms with E-state index in [-0.39, 0.29) is 0 Å². The summed E-state index contributed by atoms with van der Waals surface area (Å²) in [4.78, 5) is 2.48. The maximum atomic E-state index is 6.15. The van der Waals surface area contributed by atoms with Gasteiger partial charge in [0.25, 0.3) is 0 Å². The average molecular weight is 263 g/mol. The van der Waals surface area contributed by atoms with Crippen LogP contribution in [0.5, 0.6) is 11.5 Å². The molecule has 2 heteroatoms. The highest BCUT2D eigenvalue weighted by atomic mass is 16.5. The number of hydrogen-bond donors (Lipinski definition) is 0. The van der Waals surface area contributed by atoms with E-state index in [9.17, 15) is 0 Å². The van der Waals surface area contributed by atoms with Gasteiger partial charge in [0, 0.05) is 24.2 Å². The van der Waals surface area contributed by atoms with Crippen molar-refractivity contribution < 1.29 is 4.74 Å². The Balaban J connectivity index is 1.96. The van der Waals surface area contributed by atoms with Crippen LogP contribution < -0.4 is 4.74 Å². The molecule has 0 aliphatic carbocycles. The highest BCUT2D eigenvalue weighted by Crippen LogP contribution is 2.44. The molecule has 0 unspecified atom stereocenters. The molecule has 0 fully saturated rings. The molecule has 0 aromatic heterocycles. The van der Waals surface area contributed by atoms with Gasteiger partial charge < -0.3 is 4.74 Å². The molecule has 0 bridgehead atoms. The third-order valence-electron chi connectivity index (χ3n) is 4.22. The number of rotatable bonds is 1. The van der Waals surface area contributed by atoms with E-state index in [1.807, 2.05) is 12.1 Å². The Bertz CT molecular complexity index is 645. The van der Waals surface area contributed by atoms with Gasteiger partial charge >= 0.3 is 0 Å². The van der Waals surface area contributed by atoms with Gasteiger partial charge in [-0.2, -0.15) is 0 Å². The molecule has 0 atom stereocenters. The van der Waals surface area contributed by atoms with Gasteiger partial charge in [0.05, 0.1) is 0 Å². The molecular weight excluding hydrogens is 246 g/mol. The summed E-state index contributed by atoms with van der Waals surface area (Å²) >= 11 is 0. The lowest BCUT2D eigenvalue weighted by Gasteiger charge is -2.16. The van der Waals surface area contributed by atoms with Crippen LogP contribution in [0.15, 0.2) is 48.5 Å². The predicted octanol–water partition coefficient (Wildman–Crippen LogP) is 4.04. The Labute approximate surface area is 119 Å². The van der Waals surface area contributed by atoms with Crippen molar-refractivity contribution in [3.63, 3.8) is 0 Å². The van der Waals surface area contributed by atoms with Crippen LogP contribution in [-0.2, 0) is 0 Å². The topological polar surface area (TPSA) is 12.5 Å². The number of fused-ring (bicyclic) bond motifs is 4. The minimum atomic E-state index is 0.975. The first-order valence-corrected chi connectivity index (χ1v) is 7.18. The van der Waals surface area contributed by atoms with Gasteiger partial charge in [0.15, 0.2) is 0 Å². The molecule has 2 nitrogen and oxygen atoms in total. The third kappa shape index (κ3) is 1.69. The summed E-state index contributed by atoms with van der Waals surface area (Å²) in [5, 5.41) is 0. The molecule has 2 aliphatic rings. The second-order valence-corrected chi connectivity index (χ2v) is 5.35. The van der Waals surface area contributed by atoms with Gasteiger partial charge in [-0.25, -0.2) is 0 Å². The maximum Gasteiger partial charge on any atom is 0.135 e. The van der Waals surface area contributed by atoms with Gasteiger partial charge in [-0.05, 0) is 29.8 Å². The normalized spacial score (nSPS) is 17.1. The Morgan fingerprint density at radius 2 is 1.35 bits per heavy atom. The molecule has 4 rings (SSSR count). The molecule has 100 valence electrons. The molecule has 0 saturated heterocycles. The van der Waals surface area contributed by atoms with Crippen molar-refractivity contribution >= 4 is 11.1 Å². The molecule has 2 aromatic carbocycles. The standard InChI is InChI=1S/C18H17NO/c1-2-19-11-15-13-7-3-5-9-17(13)20-18-10-6-4-8-14(18)16(15)12-19/h3-10H,2,11-12H2,1H3. The summed E-state index contributed by atoms with van der Waals surface area (Å²) in [6.45, 7) is 5.33. The summed E-state index contributed by atoms with van der Waals surface area (Å²) in [6, 6.07) is 16.8. The lowest BCUT2D eigenvalue weighted by atomic mass is 9.97. The first kappa shape index (κ1) is 11.7. The molecule has 2 aromatic rings. The van der Waals surface area contributed by atoms with Crippen LogP contribution >= 0.6 is 0 Å². The number of benzene rings is 2. The van der Waals surface area contributed by atoms with Gasteiger partial charge in [-0.15, -0.1) is 0 Å². The highest BCUT2D eigenvalue weighted by Gasteiger charge is 2.29. The van der Waals surface area contributed by atoms with E-state index in [1.54, 1.807) is 0 Å². The minimum Gasteiger partial charge on any atom is -0.456 e. The van der Waals surface area contributed by atoms with Crippen LogP contribution in [-0.4, -0.2) is 24.5 Å². The fourth-order valence-corrected chi connectivity index (χ4v) is 3.14. The van der Waals surface area contributed by atoms with E-state index in [0.717, 1.165) is 31.1 Å². The first-order chi connectivity index (χ1) is 9.86. The van der Waals surface area contributed by atoms with Crippen molar-refractivity contribution in [2.24, 2.45) is 0 Å². The van der Waals surface area contributed by atoms with Crippen molar-refractivity contribution in [2.45, 2.75) is 6.92 Å². The number of nitrogens with zero attached hydrogens (tertiary/aromatic N) is 1. The number of para-hydroxylation sites is 2. The monoisotopic (exact) mass is 263 g/mol. The third-order valence-corrected chi connectivity index (χ3v) is 4.22. The van der Waals surface area contributed by atoms with Crippen molar-refractivity contribution in [1.29, 1.82) is 0 Å². The zero-order valence-corrected chi connectivity index (χ0v) is 11.6. The molecule has 0 radical (unpaired) electrons. The van der Waals surface area contributed by atoms with Crippen molar-refractivity contribution in [1.82, 2.24) is 4.90 Å². The van der Waals surface area contributed by atoms with Crippen LogP contribution in [0, 0.1) is 0 Å². The van der Waals surface area contributed by atoms with E-state index in [2.05, 4.69) is 48.2 Å². The van der Waals surface area contributed by atoms with Gasteiger partial charge in [-0.1, -0.05) is 43.3 Å². The van der Waals surface area contributed by atoms with E-state index in [1.165, 1.54) is 22.3 Å². The minimum absolute atomic E-state index is 0.975. The number of ether oxygens (including phenoxy) is 1. The molecular formula is C18H17NO. The lowest BCUT2D eigenvalue weighted by molar-refractivity contribution is 0.378. The van der Waals surface area contributed by atoms with Crippen molar-refractivity contribution in [2.75, 3.05) is 19.6 Å². The predicted molar refractivity (Wildman–Crippen MR) is 81.9 cm³/mol. The second-order valence-electron chi connectivity index (χ2n) is 5.35. The van der Waals surface area contributed by atoms with Crippen LogP contribution in [0.2, 0.25) is 0 Å². The Morgan fingerprint density at radius 3 is 1.85 bits per heavy atom. The van der Waals surface area contributed by atoms with E-state index < -0.39 is 0 Å². The van der Waals surface area contributed by atoms with Crippen LogP contribution in [0.1, 0.15) is 18.1 Å². The SMILES string of the molecule is CCN1CC2=C(C1)c1ccccc1Oc1ccccc12. The largest absolute Gasteiger partial charge is 0.456 e. The number of hydrogen-bond acceptors (Lipinski definition) is 2. The maximum absolute atomic E-state index is 6.15. The summed E-state index contributed by atoms with van der Waals surface area (Å²) in [7, 11) is 0. The Hall–Kier alpha value is -2.06. The molecule has 0 amide bonds. The van der Waals surface area contributed by atoms with Gasteiger partial charge in [-0.3, -0.25) is 4.90 Å². The van der Waals surface area contributed by atoms with Crippen molar-refractivity contribution in [3.05, 3.63) is 59.7 Å². The average Bonchev–Trinajstić information content (AvgIpc) is 2.87. The van der Waals surface area contributed by atoms with Gasteiger partial charge in [0.1, 0.15) is 11.5 Å². The molecule has 0 spiro atoms. The fraction of sp³-hybridized carbons (Fsp3) is 0.222. The molecule has 20 heavy (non-hydrogen) atoms. The summed E-state index contributed by atoms with van der Waals surface area (Å²) < 4.78 is 6.15. The van der Waals surface area contributed by atoms with E-state index in [4.69, 9.17) is 4.74 Å². The smallest absolute Gasteiger partial charge is 0.135 e. The van der Waals surface area contributed by atoms with Crippen LogP contribution in [0.3, 0.4) is 0 Å². The molecule has 0 N–H and O–H groups in total. The zero-order chi connectivity index (χ0) is 13.5. The number of likely N-dealkylation sites (N-methyl/N-ethyl adjacent to an activating group) is 1. The summed E-state index contributed by atoms with van der Waals surface area (Å²) in [6.07, 6.45) is 0. The first-order valence-electron chi connectivity index (χ1n) is 7.18. The lowest BCUT2D eigenvalue weighted by Crippen LogP contribution is -2.20. The summed E-state index contributed by atoms with van der Waals surface area (Å²) in [5.74, 6) is 1.95. The molecule has 2 aliphatic heterocycles. The molecule has 2 heterocycles. The second kappa shape index (κ2) is 4.50. The fourth-order valence-electron chi connectivity index (χ4n) is 3.14. The Kier molecular flexibility index (Phi) is 2.64. The summed E-state index contributed by atoms with van der Waals surface area (Å²) in [5.41, 5.74) is 5.34. The van der Waals surface area contributed by atoms with E-state index in [0.29, 0.717) is 0 Å². The molecule has 0 saturated carbocycles. The van der Waals surface area contributed by atoms with Crippen molar-refractivity contribution in [3.8, 4) is 11.5 Å². The van der Waals surface area contributed by atoms with Crippen LogP contribution in [0.4, 0.5) is 0 Å². The highest BCUT2D eigenvalue weighted by molar-refractivity contribution is 5.98. The zero-order valence-electron chi connectivity index (χ0n) is 11.6. The quantitative estimate of drug-likeness (QED) is 0.770.